The third kappa shape index (κ3) is 3.45. The lowest BCUT2D eigenvalue weighted by atomic mass is 9.75. The monoisotopic (exact) mass is 238 g/mol. The summed E-state index contributed by atoms with van der Waals surface area (Å²) in [6.45, 7) is 13.2. The first-order valence-corrected chi connectivity index (χ1v) is 7.39. The summed E-state index contributed by atoms with van der Waals surface area (Å²) in [6, 6.07) is 0.696. The van der Waals surface area contributed by atoms with Gasteiger partial charge in [0, 0.05) is 31.2 Å². The summed E-state index contributed by atoms with van der Waals surface area (Å²) in [5, 5.41) is 3.65. The van der Waals surface area contributed by atoms with E-state index in [9.17, 15) is 0 Å². The molecule has 1 saturated heterocycles. The zero-order chi connectivity index (χ0) is 12.5. The lowest BCUT2D eigenvalue weighted by Crippen LogP contribution is -2.62. The van der Waals surface area contributed by atoms with E-state index in [1.54, 1.807) is 0 Å². The second kappa shape index (κ2) is 4.89. The van der Waals surface area contributed by atoms with Crippen molar-refractivity contribution in [3.8, 4) is 0 Å². The molecule has 1 saturated carbocycles. The van der Waals surface area contributed by atoms with Crippen LogP contribution in [0.25, 0.3) is 0 Å². The van der Waals surface area contributed by atoms with Gasteiger partial charge in [0.15, 0.2) is 0 Å². The van der Waals surface area contributed by atoms with E-state index >= 15 is 0 Å². The Labute approximate surface area is 107 Å². The molecule has 1 heterocycles. The fourth-order valence-corrected chi connectivity index (χ4v) is 3.54. The lowest BCUT2D eigenvalue weighted by molar-refractivity contribution is 0.0453. The van der Waals surface area contributed by atoms with E-state index in [1.165, 1.54) is 45.2 Å². The van der Waals surface area contributed by atoms with Gasteiger partial charge in [0.1, 0.15) is 0 Å². The quantitative estimate of drug-likeness (QED) is 0.795. The number of piperazine rings is 1. The van der Waals surface area contributed by atoms with E-state index < -0.39 is 0 Å². The molecular formula is C15H30N2. The van der Waals surface area contributed by atoms with Gasteiger partial charge in [-0.25, -0.2) is 0 Å². The van der Waals surface area contributed by atoms with Crippen molar-refractivity contribution in [3.05, 3.63) is 0 Å². The number of rotatable bonds is 2. The van der Waals surface area contributed by atoms with Gasteiger partial charge in [0.25, 0.3) is 0 Å². The first kappa shape index (κ1) is 13.4. The summed E-state index contributed by atoms with van der Waals surface area (Å²) in [5.74, 6) is 0. The second-order valence-electron chi connectivity index (χ2n) is 7.39. The summed E-state index contributed by atoms with van der Waals surface area (Å²) < 4.78 is 0. The van der Waals surface area contributed by atoms with Gasteiger partial charge in [-0.1, -0.05) is 26.2 Å². The van der Waals surface area contributed by atoms with Crippen molar-refractivity contribution in [2.75, 3.05) is 19.6 Å². The first-order valence-electron chi connectivity index (χ1n) is 7.39. The molecule has 2 fully saturated rings. The standard InChI is InChI=1S/C15H30N2/c1-13-10-16-14(2,3)11-17(13)12-15(4)8-6-5-7-9-15/h13,16H,5-12H2,1-4H3. The van der Waals surface area contributed by atoms with Gasteiger partial charge in [-0.3, -0.25) is 4.90 Å². The highest BCUT2D eigenvalue weighted by Crippen LogP contribution is 2.37. The highest BCUT2D eigenvalue weighted by Gasteiger charge is 2.35. The first-order chi connectivity index (χ1) is 7.90. The van der Waals surface area contributed by atoms with Crippen molar-refractivity contribution < 1.29 is 0 Å². The molecule has 2 nitrogen and oxygen atoms in total. The van der Waals surface area contributed by atoms with Crippen LogP contribution in [0.5, 0.6) is 0 Å². The van der Waals surface area contributed by atoms with Crippen molar-refractivity contribution in [3.63, 3.8) is 0 Å². The zero-order valence-electron chi connectivity index (χ0n) is 12.2. The molecule has 1 N–H and O–H groups in total. The zero-order valence-corrected chi connectivity index (χ0v) is 12.2. The Hall–Kier alpha value is -0.0800. The fourth-order valence-electron chi connectivity index (χ4n) is 3.54. The largest absolute Gasteiger partial charge is 0.309 e. The molecule has 1 aliphatic carbocycles. The topological polar surface area (TPSA) is 15.3 Å². The van der Waals surface area contributed by atoms with Crippen molar-refractivity contribution in [2.45, 2.75) is 71.4 Å². The normalized spacial score (nSPS) is 33.5. The van der Waals surface area contributed by atoms with Crippen molar-refractivity contribution >= 4 is 0 Å². The summed E-state index contributed by atoms with van der Waals surface area (Å²) in [6.07, 6.45) is 7.22. The molecular weight excluding hydrogens is 208 g/mol. The number of nitrogens with zero attached hydrogens (tertiary/aromatic N) is 1. The SMILES string of the molecule is CC1CNC(C)(C)CN1CC1(C)CCCCC1. The Morgan fingerprint density at radius 3 is 2.41 bits per heavy atom. The van der Waals surface area contributed by atoms with Crippen LogP contribution in [0.1, 0.15) is 59.8 Å². The van der Waals surface area contributed by atoms with Crippen LogP contribution in [0.15, 0.2) is 0 Å². The van der Waals surface area contributed by atoms with Crippen LogP contribution >= 0.6 is 0 Å². The number of hydrogen-bond donors (Lipinski definition) is 1. The number of nitrogens with one attached hydrogen (secondary N) is 1. The molecule has 0 amide bonds. The Morgan fingerprint density at radius 2 is 1.76 bits per heavy atom. The van der Waals surface area contributed by atoms with Crippen LogP contribution in [0.4, 0.5) is 0 Å². The van der Waals surface area contributed by atoms with E-state index in [-0.39, 0.29) is 5.54 Å². The van der Waals surface area contributed by atoms with Crippen LogP contribution in [0.3, 0.4) is 0 Å². The second-order valence-corrected chi connectivity index (χ2v) is 7.39. The molecule has 0 bridgehead atoms. The molecule has 2 heteroatoms. The smallest absolute Gasteiger partial charge is 0.0252 e. The van der Waals surface area contributed by atoms with Crippen LogP contribution in [-0.4, -0.2) is 36.1 Å². The maximum absolute atomic E-state index is 3.65. The third-order valence-corrected chi connectivity index (χ3v) is 4.74. The molecule has 2 rings (SSSR count). The van der Waals surface area contributed by atoms with Crippen LogP contribution in [0, 0.1) is 5.41 Å². The van der Waals surface area contributed by atoms with E-state index in [0.29, 0.717) is 11.5 Å². The summed E-state index contributed by atoms with van der Waals surface area (Å²) in [7, 11) is 0. The third-order valence-electron chi connectivity index (χ3n) is 4.74. The Morgan fingerprint density at radius 1 is 1.12 bits per heavy atom. The van der Waals surface area contributed by atoms with Crippen LogP contribution in [-0.2, 0) is 0 Å². The van der Waals surface area contributed by atoms with Crippen molar-refractivity contribution in [1.29, 1.82) is 0 Å². The van der Waals surface area contributed by atoms with Gasteiger partial charge >= 0.3 is 0 Å². The van der Waals surface area contributed by atoms with Gasteiger partial charge in [0.05, 0.1) is 0 Å². The summed E-state index contributed by atoms with van der Waals surface area (Å²) in [4.78, 5) is 2.72. The predicted octanol–water partition coefficient (Wildman–Crippen LogP) is 3.03. The lowest BCUT2D eigenvalue weighted by Gasteiger charge is -2.47. The molecule has 0 radical (unpaired) electrons. The maximum Gasteiger partial charge on any atom is 0.0252 e. The highest BCUT2D eigenvalue weighted by molar-refractivity contribution is 4.93. The average molecular weight is 238 g/mol. The minimum absolute atomic E-state index is 0.289. The van der Waals surface area contributed by atoms with Gasteiger partial charge in [0.2, 0.25) is 0 Å². The van der Waals surface area contributed by atoms with Gasteiger partial charge in [-0.05, 0) is 39.0 Å². The minimum atomic E-state index is 0.289. The molecule has 0 aromatic carbocycles. The van der Waals surface area contributed by atoms with E-state index in [1.807, 2.05) is 0 Å². The molecule has 17 heavy (non-hydrogen) atoms. The molecule has 100 valence electrons. The molecule has 2 aliphatic rings. The van der Waals surface area contributed by atoms with Gasteiger partial charge < -0.3 is 5.32 Å². The van der Waals surface area contributed by atoms with E-state index in [0.717, 1.165) is 6.54 Å². The molecule has 0 spiro atoms. The van der Waals surface area contributed by atoms with Crippen molar-refractivity contribution in [2.24, 2.45) is 5.41 Å². The fraction of sp³-hybridized carbons (Fsp3) is 1.00. The molecule has 1 unspecified atom stereocenters. The average Bonchev–Trinajstić information content (AvgIpc) is 2.24. The highest BCUT2D eigenvalue weighted by atomic mass is 15.2. The van der Waals surface area contributed by atoms with Crippen LogP contribution in [0.2, 0.25) is 0 Å². The Bertz CT molecular complexity index is 254. The van der Waals surface area contributed by atoms with Crippen molar-refractivity contribution in [1.82, 2.24) is 10.2 Å². The Kier molecular flexibility index (Phi) is 3.84. The molecule has 1 atom stereocenters. The predicted molar refractivity (Wildman–Crippen MR) is 74.3 cm³/mol. The molecule has 1 aliphatic heterocycles. The van der Waals surface area contributed by atoms with Gasteiger partial charge in [-0.15, -0.1) is 0 Å². The summed E-state index contributed by atoms with van der Waals surface area (Å²) >= 11 is 0. The maximum atomic E-state index is 3.65. The number of hydrogen-bond acceptors (Lipinski definition) is 2. The van der Waals surface area contributed by atoms with E-state index in [2.05, 4.69) is 37.9 Å². The molecule has 0 aromatic rings. The van der Waals surface area contributed by atoms with Crippen LogP contribution < -0.4 is 5.32 Å². The van der Waals surface area contributed by atoms with E-state index in [4.69, 9.17) is 0 Å². The minimum Gasteiger partial charge on any atom is -0.309 e. The molecule has 0 aromatic heterocycles. The van der Waals surface area contributed by atoms with Gasteiger partial charge in [-0.2, -0.15) is 0 Å². The summed E-state index contributed by atoms with van der Waals surface area (Å²) in [5.41, 5.74) is 0.872. The Balaban J connectivity index is 1.96.